The molecule has 2 rings (SSSR count). The Hall–Kier alpha value is -0.760. The predicted molar refractivity (Wildman–Crippen MR) is 79.5 cm³/mol. The summed E-state index contributed by atoms with van der Waals surface area (Å²) < 4.78 is 57.5. The lowest BCUT2D eigenvalue weighted by Gasteiger charge is -2.37. The number of rotatable bonds is 2. The Kier molecular flexibility index (Phi) is 4.82. The van der Waals surface area contributed by atoms with E-state index in [1.165, 1.54) is 6.07 Å². The lowest BCUT2D eigenvalue weighted by Crippen LogP contribution is -2.44. The molecule has 0 N–H and O–H groups in total. The molecule has 1 aliphatic heterocycles. The van der Waals surface area contributed by atoms with Crippen molar-refractivity contribution in [1.29, 1.82) is 0 Å². The van der Waals surface area contributed by atoms with Crippen LogP contribution in [0.25, 0.3) is 0 Å². The van der Waals surface area contributed by atoms with Gasteiger partial charge in [-0.3, -0.25) is 0 Å². The highest BCUT2D eigenvalue weighted by Gasteiger charge is 2.39. The SMILES string of the molecule is CN([C@@H]1COCc2cc(C(F)(F)F)ccc21)[S@+]([O-])C(C)(C)C. The lowest BCUT2D eigenvalue weighted by atomic mass is 9.96. The number of ether oxygens (including phenoxy) is 1. The van der Waals surface area contributed by atoms with Gasteiger partial charge >= 0.3 is 6.18 Å². The lowest BCUT2D eigenvalue weighted by molar-refractivity contribution is -0.137. The van der Waals surface area contributed by atoms with Gasteiger partial charge < -0.3 is 9.29 Å². The summed E-state index contributed by atoms with van der Waals surface area (Å²) >= 11 is -1.28. The number of likely N-dealkylation sites (N-methyl/N-ethyl adjacent to an activating group) is 1. The molecule has 0 spiro atoms. The van der Waals surface area contributed by atoms with Gasteiger partial charge in [-0.2, -0.15) is 13.2 Å². The number of hydrogen-bond donors (Lipinski definition) is 0. The Labute approximate surface area is 131 Å². The third-order valence-electron chi connectivity index (χ3n) is 3.59. The van der Waals surface area contributed by atoms with Gasteiger partial charge in [-0.05, 0) is 44.0 Å². The molecular weight excluding hydrogens is 315 g/mol. The zero-order chi connectivity index (χ0) is 16.7. The van der Waals surface area contributed by atoms with Crippen LogP contribution >= 0.6 is 0 Å². The molecule has 3 nitrogen and oxygen atoms in total. The molecule has 1 aromatic carbocycles. The normalized spacial score (nSPS) is 20.9. The largest absolute Gasteiger partial charge is 0.597 e. The highest BCUT2D eigenvalue weighted by Crippen LogP contribution is 2.37. The highest BCUT2D eigenvalue weighted by molar-refractivity contribution is 7.90. The van der Waals surface area contributed by atoms with Gasteiger partial charge in [0.1, 0.15) is 10.8 Å². The highest BCUT2D eigenvalue weighted by atomic mass is 32.2. The Morgan fingerprint density at radius 1 is 1.27 bits per heavy atom. The Balaban J connectivity index is 2.33. The average molecular weight is 335 g/mol. The second-order valence-corrected chi connectivity index (χ2v) is 8.65. The first-order chi connectivity index (χ1) is 10.0. The van der Waals surface area contributed by atoms with Crippen LogP contribution in [-0.2, 0) is 28.9 Å². The van der Waals surface area contributed by atoms with Crippen molar-refractivity contribution < 1.29 is 22.5 Å². The van der Waals surface area contributed by atoms with Gasteiger partial charge in [-0.25, -0.2) is 0 Å². The maximum Gasteiger partial charge on any atom is 0.416 e. The van der Waals surface area contributed by atoms with E-state index in [1.807, 2.05) is 20.8 Å². The fourth-order valence-corrected chi connectivity index (χ4v) is 3.72. The minimum atomic E-state index is -4.37. The number of alkyl halides is 3. The summed E-state index contributed by atoms with van der Waals surface area (Å²) in [5, 5.41) is 0. The van der Waals surface area contributed by atoms with E-state index in [0.29, 0.717) is 12.2 Å². The van der Waals surface area contributed by atoms with Crippen LogP contribution in [0, 0.1) is 0 Å². The van der Waals surface area contributed by atoms with Gasteiger partial charge in [0.15, 0.2) is 0 Å². The predicted octanol–water partition coefficient (Wildman–Crippen LogP) is 3.67. The van der Waals surface area contributed by atoms with E-state index in [2.05, 4.69) is 0 Å². The molecule has 0 aliphatic carbocycles. The summed E-state index contributed by atoms with van der Waals surface area (Å²) in [6.45, 7) is 6.04. The summed E-state index contributed by atoms with van der Waals surface area (Å²) in [4.78, 5) is 0. The smallest absolute Gasteiger partial charge is 0.416 e. The molecule has 1 heterocycles. The molecule has 1 aromatic rings. The number of fused-ring (bicyclic) bond motifs is 1. The van der Waals surface area contributed by atoms with Crippen molar-refractivity contribution in [3.63, 3.8) is 0 Å². The van der Waals surface area contributed by atoms with Crippen molar-refractivity contribution in [3.8, 4) is 0 Å². The monoisotopic (exact) mass is 335 g/mol. The van der Waals surface area contributed by atoms with E-state index in [9.17, 15) is 17.7 Å². The van der Waals surface area contributed by atoms with Crippen LogP contribution in [0.3, 0.4) is 0 Å². The maximum absolute atomic E-state index is 12.8. The van der Waals surface area contributed by atoms with Crippen molar-refractivity contribution in [2.75, 3.05) is 13.7 Å². The fraction of sp³-hybridized carbons (Fsp3) is 0.600. The van der Waals surface area contributed by atoms with Crippen molar-refractivity contribution in [3.05, 3.63) is 34.9 Å². The molecule has 0 radical (unpaired) electrons. The molecule has 0 saturated heterocycles. The first-order valence-corrected chi connectivity index (χ1v) is 8.05. The zero-order valence-corrected chi connectivity index (χ0v) is 13.8. The molecule has 0 unspecified atom stereocenters. The van der Waals surface area contributed by atoms with Crippen molar-refractivity contribution in [2.45, 2.75) is 44.3 Å². The molecule has 0 amide bonds. The van der Waals surface area contributed by atoms with Gasteiger partial charge in [0.2, 0.25) is 0 Å². The minimum absolute atomic E-state index is 0.145. The van der Waals surface area contributed by atoms with Crippen molar-refractivity contribution in [1.82, 2.24) is 4.31 Å². The molecule has 0 bridgehead atoms. The molecule has 0 aromatic heterocycles. The van der Waals surface area contributed by atoms with Crippen molar-refractivity contribution in [2.24, 2.45) is 0 Å². The second-order valence-electron chi connectivity index (χ2n) is 6.35. The summed E-state index contributed by atoms with van der Waals surface area (Å²) in [5.74, 6) is 0. The Bertz CT molecular complexity index is 543. The molecule has 7 heteroatoms. The Morgan fingerprint density at radius 3 is 2.45 bits per heavy atom. The molecule has 0 saturated carbocycles. The Morgan fingerprint density at radius 2 is 1.91 bits per heavy atom. The summed E-state index contributed by atoms with van der Waals surface area (Å²) in [6.07, 6.45) is -4.37. The van der Waals surface area contributed by atoms with E-state index in [0.717, 1.165) is 17.7 Å². The topological polar surface area (TPSA) is 35.5 Å². The minimum Gasteiger partial charge on any atom is -0.597 e. The van der Waals surface area contributed by atoms with E-state index >= 15 is 0 Å². The summed E-state index contributed by atoms with van der Waals surface area (Å²) in [6, 6.07) is 3.35. The van der Waals surface area contributed by atoms with Gasteiger partial charge in [-0.15, -0.1) is 4.31 Å². The number of benzene rings is 1. The molecular formula is C15H20F3NO2S. The molecule has 1 aliphatic rings. The van der Waals surface area contributed by atoms with Crippen LogP contribution in [0.15, 0.2) is 18.2 Å². The van der Waals surface area contributed by atoms with E-state index in [-0.39, 0.29) is 12.6 Å². The summed E-state index contributed by atoms with van der Waals surface area (Å²) in [7, 11) is 1.71. The van der Waals surface area contributed by atoms with Crippen LogP contribution in [0.1, 0.15) is 43.5 Å². The first-order valence-electron chi connectivity index (χ1n) is 6.94. The number of halogens is 3. The third-order valence-corrected chi connectivity index (χ3v) is 5.41. The van der Waals surface area contributed by atoms with Gasteiger partial charge in [-0.1, -0.05) is 6.07 Å². The zero-order valence-electron chi connectivity index (χ0n) is 13.0. The third kappa shape index (κ3) is 3.59. The van der Waals surface area contributed by atoms with Gasteiger partial charge in [0.05, 0.1) is 18.8 Å². The van der Waals surface area contributed by atoms with E-state index < -0.39 is 27.8 Å². The number of nitrogens with zero attached hydrogens (tertiary/aromatic N) is 1. The van der Waals surface area contributed by atoms with E-state index in [1.54, 1.807) is 11.4 Å². The average Bonchev–Trinajstić information content (AvgIpc) is 2.42. The van der Waals surface area contributed by atoms with Crippen LogP contribution < -0.4 is 0 Å². The fourth-order valence-electron chi connectivity index (χ4n) is 2.45. The standard InChI is InChI=1S/C15H20F3NO2S/c1-14(2,3)22(20)19(4)13-9-21-8-10-7-11(15(16,17)18)5-6-12(10)13/h5-7,13H,8-9H2,1-4H3/t13-,22-/m1/s1. The molecule has 22 heavy (non-hydrogen) atoms. The second kappa shape index (κ2) is 6.03. The summed E-state index contributed by atoms with van der Waals surface area (Å²) in [5.41, 5.74) is 0.568. The maximum atomic E-state index is 12.8. The van der Waals surface area contributed by atoms with Crippen LogP contribution in [-0.4, -0.2) is 27.3 Å². The van der Waals surface area contributed by atoms with Gasteiger partial charge in [0.25, 0.3) is 0 Å². The first kappa shape index (κ1) is 17.6. The van der Waals surface area contributed by atoms with E-state index in [4.69, 9.17) is 4.74 Å². The molecule has 0 fully saturated rings. The quantitative estimate of drug-likeness (QED) is 0.774. The van der Waals surface area contributed by atoms with Gasteiger partial charge in [0, 0.05) is 18.4 Å². The van der Waals surface area contributed by atoms with Crippen LogP contribution in [0.5, 0.6) is 0 Å². The van der Waals surface area contributed by atoms with Crippen LogP contribution in [0.4, 0.5) is 13.2 Å². The number of hydrogen-bond acceptors (Lipinski definition) is 3. The molecule has 2 atom stereocenters. The van der Waals surface area contributed by atoms with Crippen LogP contribution in [0.2, 0.25) is 0 Å². The van der Waals surface area contributed by atoms with Crippen molar-refractivity contribution >= 4 is 11.4 Å². The molecule has 124 valence electrons.